The van der Waals surface area contributed by atoms with Crippen molar-refractivity contribution in [1.29, 1.82) is 0 Å². The number of aromatic nitrogens is 1. The summed E-state index contributed by atoms with van der Waals surface area (Å²) in [5.41, 5.74) is -0.0719. The SMILES string of the molecule is COc1cc(N=Nc2cc(C)on2)c(N=S(=O)(OF)C(F)F)cc1N(C)C. The van der Waals surface area contributed by atoms with Gasteiger partial charge in [-0.05, 0) is 17.5 Å². The molecule has 9 nitrogen and oxygen atoms in total. The van der Waals surface area contributed by atoms with Crippen LogP contribution in [0.15, 0.2) is 37.3 Å². The molecule has 1 heterocycles. The number of halogens is 3. The van der Waals surface area contributed by atoms with Crippen molar-refractivity contribution in [3.05, 3.63) is 24.0 Å². The third-order valence-electron chi connectivity index (χ3n) is 3.17. The van der Waals surface area contributed by atoms with Crippen molar-refractivity contribution in [3.63, 3.8) is 0 Å². The zero-order chi connectivity index (χ0) is 20.2. The molecule has 1 atom stereocenters. The van der Waals surface area contributed by atoms with Gasteiger partial charge in [-0.3, -0.25) is 0 Å². The van der Waals surface area contributed by atoms with E-state index in [2.05, 4.69) is 24.1 Å². The number of aryl methyl sites for hydroxylation is 1. The van der Waals surface area contributed by atoms with Gasteiger partial charge in [-0.25, -0.2) is 4.21 Å². The number of hydrogen-bond donors (Lipinski definition) is 0. The van der Waals surface area contributed by atoms with E-state index in [-0.39, 0.29) is 17.2 Å². The molecule has 0 N–H and O–H groups in total. The monoisotopic (exact) mass is 407 g/mol. The van der Waals surface area contributed by atoms with Crippen LogP contribution in [0.4, 0.5) is 36.2 Å². The number of nitrogens with zero attached hydrogens (tertiary/aromatic N) is 5. The summed E-state index contributed by atoms with van der Waals surface area (Å²) >= 11 is 0. The van der Waals surface area contributed by atoms with Crippen molar-refractivity contribution in [1.82, 2.24) is 5.16 Å². The highest BCUT2D eigenvalue weighted by Crippen LogP contribution is 2.41. The molecule has 0 bridgehead atoms. The maximum Gasteiger partial charge on any atom is 0.345 e. The van der Waals surface area contributed by atoms with Crippen molar-refractivity contribution >= 4 is 32.9 Å². The van der Waals surface area contributed by atoms with E-state index >= 15 is 0 Å². The maximum atomic E-state index is 12.9. The third-order valence-corrected chi connectivity index (χ3v) is 4.26. The molecule has 0 aliphatic rings. The van der Waals surface area contributed by atoms with E-state index < -0.39 is 15.8 Å². The van der Waals surface area contributed by atoms with Crippen LogP contribution >= 0.6 is 0 Å². The number of ether oxygens (including phenoxy) is 1. The Morgan fingerprint density at radius 3 is 2.41 bits per heavy atom. The fourth-order valence-corrected chi connectivity index (χ4v) is 2.52. The zero-order valence-corrected chi connectivity index (χ0v) is 15.5. The number of anilines is 1. The average Bonchev–Trinajstić information content (AvgIpc) is 3.05. The quantitative estimate of drug-likeness (QED) is 0.621. The minimum absolute atomic E-state index is 0.102. The van der Waals surface area contributed by atoms with Gasteiger partial charge in [0.05, 0.1) is 12.8 Å². The molecule has 27 heavy (non-hydrogen) atoms. The highest BCUT2D eigenvalue weighted by Gasteiger charge is 2.26. The summed E-state index contributed by atoms with van der Waals surface area (Å²) in [6.45, 7) is 1.64. The predicted molar refractivity (Wildman–Crippen MR) is 91.2 cm³/mol. The van der Waals surface area contributed by atoms with Gasteiger partial charge in [0.1, 0.15) is 22.9 Å². The molecule has 0 saturated heterocycles. The normalized spacial score (nSPS) is 13.8. The van der Waals surface area contributed by atoms with Gasteiger partial charge in [-0.2, -0.15) is 13.1 Å². The number of hydrogen-bond acceptors (Lipinski definition) is 9. The molecule has 148 valence electrons. The second-order valence-electron chi connectivity index (χ2n) is 5.33. The summed E-state index contributed by atoms with van der Waals surface area (Å²) in [6, 6.07) is 4.02. The molecule has 0 aliphatic heterocycles. The van der Waals surface area contributed by atoms with Crippen molar-refractivity contribution in [3.8, 4) is 5.75 Å². The highest BCUT2D eigenvalue weighted by atomic mass is 32.2. The minimum atomic E-state index is -4.93. The fraction of sp³-hybridized carbons (Fsp3) is 0.357. The van der Waals surface area contributed by atoms with Crippen LogP contribution in [0.25, 0.3) is 0 Å². The van der Waals surface area contributed by atoms with E-state index in [4.69, 9.17) is 9.26 Å². The largest absolute Gasteiger partial charge is 0.494 e. The smallest absolute Gasteiger partial charge is 0.345 e. The lowest BCUT2D eigenvalue weighted by atomic mass is 10.2. The van der Waals surface area contributed by atoms with Gasteiger partial charge in [0, 0.05) is 26.2 Å². The van der Waals surface area contributed by atoms with Crippen LogP contribution in [-0.4, -0.2) is 36.3 Å². The molecule has 0 spiro atoms. The Morgan fingerprint density at radius 2 is 1.93 bits per heavy atom. The van der Waals surface area contributed by atoms with Crippen molar-refractivity contribution in [2.45, 2.75) is 12.7 Å². The summed E-state index contributed by atoms with van der Waals surface area (Å²) in [5, 5.41) is 11.2. The molecule has 0 saturated carbocycles. The van der Waals surface area contributed by atoms with Gasteiger partial charge in [-0.15, -0.1) is 10.2 Å². The first kappa shape index (κ1) is 20.6. The Bertz CT molecular complexity index is 954. The zero-order valence-electron chi connectivity index (χ0n) is 14.7. The van der Waals surface area contributed by atoms with Crippen LogP contribution in [0.3, 0.4) is 0 Å². The lowest BCUT2D eigenvalue weighted by molar-refractivity contribution is -0.000950. The van der Waals surface area contributed by atoms with E-state index in [0.717, 1.165) is 0 Å². The second kappa shape index (κ2) is 8.35. The van der Waals surface area contributed by atoms with E-state index in [0.29, 0.717) is 17.2 Å². The van der Waals surface area contributed by atoms with E-state index in [1.807, 2.05) is 0 Å². The lowest BCUT2D eigenvalue weighted by Crippen LogP contribution is -2.11. The molecule has 1 aromatic heterocycles. The molecule has 13 heteroatoms. The van der Waals surface area contributed by atoms with Gasteiger partial charge in [0.25, 0.3) is 10.0 Å². The molecule has 0 aliphatic carbocycles. The maximum absolute atomic E-state index is 12.9. The first-order valence-electron chi connectivity index (χ1n) is 7.29. The minimum Gasteiger partial charge on any atom is -0.494 e. The number of rotatable bonds is 7. The first-order valence-corrected chi connectivity index (χ1v) is 8.79. The highest BCUT2D eigenvalue weighted by molar-refractivity contribution is 7.89. The molecule has 0 radical (unpaired) electrons. The van der Waals surface area contributed by atoms with Crippen LogP contribution in [0.2, 0.25) is 0 Å². The topological polar surface area (TPSA) is 102 Å². The van der Waals surface area contributed by atoms with Crippen LogP contribution in [0, 0.1) is 6.92 Å². The molecule has 0 amide bonds. The molecule has 2 rings (SSSR count). The number of azo groups is 1. The number of alkyl halides is 2. The summed E-state index contributed by atoms with van der Waals surface area (Å²) in [5.74, 6) is -2.81. The summed E-state index contributed by atoms with van der Waals surface area (Å²) < 4.78 is 66.4. The first-order chi connectivity index (χ1) is 12.7. The van der Waals surface area contributed by atoms with E-state index in [1.54, 1.807) is 25.9 Å². The van der Waals surface area contributed by atoms with Crippen molar-refractivity contribution < 1.29 is 31.2 Å². The Balaban J connectivity index is 2.67. The molecular weight excluding hydrogens is 391 g/mol. The van der Waals surface area contributed by atoms with Gasteiger partial charge in [-0.1, -0.05) is 9.54 Å². The van der Waals surface area contributed by atoms with Crippen LogP contribution in [0.5, 0.6) is 5.75 Å². The van der Waals surface area contributed by atoms with Crippen LogP contribution in [0.1, 0.15) is 5.76 Å². The molecule has 2 aromatic rings. The number of benzene rings is 1. The molecule has 1 aromatic carbocycles. The Hall–Kier alpha value is -2.67. The fourth-order valence-electron chi connectivity index (χ4n) is 1.94. The third kappa shape index (κ3) is 4.74. The van der Waals surface area contributed by atoms with Crippen LogP contribution in [-0.2, 0) is 14.4 Å². The summed E-state index contributed by atoms with van der Waals surface area (Å²) in [6.07, 6.45) is 0. The van der Waals surface area contributed by atoms with Gasteiger partial charge >= 0.3 is 5.76 Å². The number of methoxy groups -OCH3 is 1. The van der Waals surface area contributed by atoms with Crippen molar-refractivity contribution in [2.24, 2.45) is 14.6 Å². The summed E-state index contributed by atoms with van der Waals surface area (Å²) in [4.78, 5) is 1.58. The predicted octanol–water partition coefficient (Wildman–Crippen LogP) is 4.61. The molecule has 1 unspecified atom stereocenters. The van der Waals surface area contributed by atoms with Gasteiger partial charge in [0.2, 0.25) is 5.82 Å². The Labute approximate surface area is 153 Å². The Kier molecular flexibility index (Phi) is 6.38. The van der Waals surface area contributed by atoms with Crippen molar-refractivity contribution in [2.75, 3.05) is 26.1 Å². The second-order valence-corrected chi connectivity index (χ2v) is 7.03. The Morgan fingerprint density at radius 1 is 1.22 bits per heavy atom. The van der Waals surface area contributed by atoms with Gasteiger partial charge in [0.15, 0.2) is 0 Å². The average molecular weight is 407 g/mol. The van der Waals surface area contributed by atoms with Gasteiger partial charge < -0.3 is 14.2 Å². The standard InChI is InChI=1S/C14H16F3N5O4S/c1-8-5-13(20-25-8)19-18-9-7-12(24-4)11(22(2)3)6-10(9)21-27(23,26-17)14(15)16/h5-7,14H,1-4H3. The molecule has 0 fully saturated rings. The van der Waals surface area contributed by atoms with E-state index in [9.17, 15) is 17.5 Å². The van der Waals surface area contributed by atoms with Crippen LogP contribution < -0.4 is 9.64 Å². The lowest BCUT2D eigenvalue weighted by Gasteiger charge is -2.18. The summed E-state index contributed by atoms with van der Waals surface area (Å²) in [7, 11) is -0.247. The van der Waals surface area contributed by atoms with E-state index in [1.165, 1.54) is 25.3 Å². The molecular formula is C14H16F3N5O4S.